The quantitative estimate of drug-likeness (QED) is 0.711. The van der Waals surface area contributed by atoms with Gasteiger partial charge in [-0.2, -0.15) is 0 Å². The highest BCUT2D eigenvalue weighted by Gasteiger charge is 2.49. The van der Waals surface area contributed by atoms with E-state index in [1.54, 1.807) is 18.2 Å². The molecule has 25 heavy (non-hydrogen) atoms. The van der Waals surface area contributed by atoms with Crippen LogP contribution in [-0.4, -0.2) is 67.7 Å². The highest BCUT2D eigenvalue weighted by atomic mass is 16.5. The molecule has 2 heterocycles. The lowest BCUT2D eigenvalue weighted by molar-refractivity contribution is -0.106. The molecule has 1 aromatic rings. The first-order valence-corrected chi connectivity index (χ1v) is 9.03. The normalized spacial score (nSPS) is 19.6. The molecule has 0 amide bonds. The van der Waals surface area contributed by atoms with Crippen LogP contribution in [0.15, 0.2) is 18.2 Å². The Labute approximate surface area is 149 Å². The lowest BCUT2D eigenvalue weighted by atomic mass is 9.73. The molecule has 0 bridgehead atoms. The van der Waals surface area contributed by atoms with Crippen molar-refractivity contribution in [2.75, 3.05) is 46.4 Å². The Morgan fingerprint density at radius 3 is 2.40 bits per heavy atom. The average Bonchev–Trinajstić information content (AvgIpc) is 2.50. The van der Waals surface area contributed by atoms with E-state index >= 15 is 0 Å². The van der Waals surface area contributed by atoms with Gasteiger partial charge in [0.05, 0.1) is 0 Å². The second kappa shape index (κ2) is 6.89. The van der Waals surface area contributed by atoms with Crippen molar-refractivity contribution in [1.29, 1.82) is 0 Å². The number of ether oxygens (including phenoxy) is 1. The van der Waals surface area contributed by atoms with Crippen molar-refractivity contribution in [3.8, 4) is 5.75 Å². The van der Waals surface area contributed by atoms with Gasteiger partial charge in [0.1, 0.15) is 12.4 Å². The van der Waals surface area contributed by atoms with Crippen LogP contribution >= 0.6 is 0 Å². The van der Waals surface area contributed by atoms with Crippen molar-refractivity contribution < 1.29 is 14.3 Å². The predicted octanol–water partition coefficient (Wildman–Crippen LogP) is 2.35. The predicted molar refractivity (Wildman–Crippen MR) is 97.5 cm³/mol. The van der Waals surface area contributed by atoms with Gasteiger partial charge in [0, 0.05) is 55.2 Å². The number of carbonyl (C=O) groups is 2. The van der Waals surface area contributed by atoms with Crippen molar-refractivity contribution in [1.82, 2.24) is 9.80 Å². The Morgan fingerprint density at radius 1 is 1.16 bits per heavy atom. The first kappa shape index (κ1) is 18.1. The highest BCUT2D eigenvalue weighted by Crippen LogP contribution is 2.38. The topological polar surface area (TPSA) is 49.9 Å². The van der Waals surface area contributed by atoms with Crippen LogP contribution in [0, 0.1) is 11.3 Å². The van der Waals surface area contributed by atoms with E-state index < -0.39 is 0 Å². The number of carbonyl (C=O) groups excluding carboxylic acids is 2. The molecule has 1 spiro atoms. The van der Waals surface area contributed by atoms with E-state index in [4.69, 9.17) is 4.74 Å². The Bertz CT molecular complexity index is 670. The van der Waals surface area contributed by atoms with Crippen LogP contribution in [0.2, 0.25) is 0 Å². The van der Waals surface area contributed by atoms with Gasteiger partial charge in [0.2, 0.25) is 0 Å². The summed E-state index contributed by atoms with van der Waals surface area (Å²) in [5.74, 6) is 0.416. The van der Waals surface area contributed by atoms with E-state index in [9.17, 15) is 9.59 Å². The maximum absolute atomic E-state index is 12.2. The Hall–Kier alpha value is -1.72. The third kappa shape index (κ3) is 3.77. The van der Waals surface area contributed by atoms with Crippen LogP contribution in [0.25, 0.3) is 0 Å². The lowest BCUT2D eigenvalue weighted by Crippen LogP contribution is -2.71. The number of benzene rings is 1. The molecule has 5 nitrogen and oxygen atoms in total. The molecule has 0 radical (unpaired) electrons. The van der Waals surface area contributed by atoms with Crippen molar-refractivity contribution >= 4 is 11.6 Å². The zero-order valence-corrected chi connectivity index (χ0v) is 15.7. The van der Waals surface area contributed by atoms with E-state index in [0.29, 0.717) is 28.9 Å². The zero-order chi connectivity index (χ0) is 18.2. The second-order valence-electron chi connectivity index (χ2n) is 8.01. The van der Waals surface area contributed by atoms with Gasteiger partial charge in [0.15, 0.2) is 11.6 Å². The molecule has 0 aliphatic carbocycles. The van der Waals surface area contributed by atoms with Crippen molar-refractivity contribution in [3.05, 3.63) is 29.3 Å². The summed E-state index contributed by atoms with van der Waals surface area (Å²) in [6.07, 6.45) is 0. The van der Waals surface area contributed by atoms with Gasteiger partial charge in [-0.3, -0.25) is 14.5 Å². The number of rotatable bonds is 7. The van der Waals surface area contributed by atoms with Crippen LogP contribution in [0.5, 0.6) is 5.75 Å². The van der Waals surface area contributed by atoms with E-state index in [1.807, 2.05) is 13.8 Å². The number of nitrogens with zero attached hydrogens (tertiary/aromatic N) is 2. The first-order chi connectivity index (χ1) is 11.8. The monoisotopic (exact) mass is 344 g/mol. The molecule has 0 N–H and O–H groups in total. The fourth-order valence-electron chi connectivity index (χ4n) is 4.08. The van der Waals surface area contributed by atoms with Crippen molar-refractivity contribution in [3.63, 3.8) is 0 Å². The summed E-state index contributed by atoms with van der Waals surface area (Å²) in [7, 11) is 2.16. The van der Waals surface area contributed by atoms with Crippen LogP contribution in [0.3, 0.4) is 0 Å². The van der Waals surface area contributed by atoms with Gasteiger partial charge in [-0.25, -0.2) is 0 Å². The summed E-state index contributed by atoms with van der Waals surface area (Å²) in [6.45, 7) is 11.4. The van der Waals surface area contributed by atoms with Crippen molar-refractivity contribution in [2.45, 2.75) is 20.8 Å². The summed E-state index contributed by atoms with van der Waals surface area (Å²) in [5.41, 5.74) is 1.49. The first-order valence-electron chi connectivity index (χ1n) is 9.03. The minimum atomic E-state index is -0.130. The molecule has 3 rings (SSSR count). The third-order valence-corrected chi connectivity index (χ3v) is 5.17. The third-order valence-electron chi connectivity index (χ3n) is 5.17. The molecule has 0 saturated carbocycles. The van der Waals surface area contributed by atoms with Gasteiger partial charge in [-0.15, -0.1) is 0 Å². The summed E-state index contributed by atoms with van der Waals surface area (Å²) >= 11 is 0. The van der Waals surface area contributed by atoms with Gasteiger partial charge < -0.3 is 9.64 Å². The van der Waals surface area contributed by atoms with Gasteiger partial charge in [-0.05, 0) is 32.2 Å². The molecule has 0 atom stereocenters. The zero-order valence-electron chi connectivity index (χ0n) is 15.7. The molecular formula is C20H28N2O3. The van der Waals surface area contributed by atoms with E-state index in [-0.39, 0.29) is 17.5 Å². The SMILES string of the molecule is CC(=O)c1cc(OCCN2CC3(CN(C)C3)C2)ccc1C(=O)C(C)C. The molecule has 1 aromatic carbocycles. The minimum absolute atomic E-state index is 0.00639. The van der Waals surface area contributed by atoms with Gasteiger partial charge >= 0.3 is 0 Å². The molecule has 136 valence electrons. The van der Waals surface area contributed by atoms with Gasteiger partial charge in [0.25, 0.3) is 0 Å². The molecular weight excluding hydrogens is 316 g/mol. The molecule has 2 saturated heterocycles. The number of hydrogen-bond acceptors (Lipinski definition) is 5. The molecule has 2 aliphatic heterocycles. The van der Waals surface area contributed by atoms with Gasteiger partial charge in [-0.1, -0.05) is 13.8 Å². The minimum Gasteiger partial charge on any atom is -0.492 e. The summed E-state index contributed by atoms with van der Waals surface area (Å²) < 4.78 is 5.82. The van der Waals surface area contributed by atoms with Crippen LogP contribution in [0.1, 0.15) is 41.5 Å². The number of likely N-dealkylation sites (tertiary alicyclic amines) is 2. The maximum atomic E-state index is 12.2. The molecule has 0 aromatic heterocycles. The second-order valence-corrected chi connectivity index (χ2v) is 8.01. The smallest absolute Gasteiger partial charge is 0.166 e. The summed E-state index contributed by atoms with van der Waals surface area (Å²) in [6, 6.07) is 5.22. The molecule has 5 heteroatoms. The molecule has 2 fully saturated rings. The largest absolute Gasteiger partial charge is 0.492 e. The Kier molecular flexibility index (Phi) is 4.98. The fourth-order valence-corrected chi connectivity index (χ4v) is 4.08. The fraction of sp³-hybridized carbons (Fsp3) is 0.600. The van der Waals surface area contributed by atoms with Crippen LogP contribution in [-0.2, 0) is 0 Å². The highest BCUT2D eigenvalue weighted by molar-refractivity contribution is 6.08. The Morgan fingerprint density at radius 2 is 1.84 bits per heavy atom. The molecule has 2 aliphatic rings. The summed E-state index contributed by atoms with van der Waals surface area (Å²) in [4.78, 5) is 28.9. The number of hydrogen-bond donors (Lipinski definition) is 0. The molecule has 0 unspecified atom stereocenters. The van der Waals surface area contributed by atoms with E-state index in [0.717, 1.165) is 19.6 Å². The number of ketones is 2. The maximum Gasteiger partial charge on any atom is 0.166 e. The number of Topliss-reactive ketones (excluding diaryl/α,β-unsaturated/α-hetero) is 2. The van der Waals surface area contributed by atoms with E-state index in [1.165, 1.54) is 20.0 Å². The Balaban J connectivity index is 1.54. The average molecular weight is 344 g/mol. The van der Waals surface area contributed by atoms with Crippen LogP contribution in [0.4, 0.5) is 0 Å². The lowest BCUT2D eigenvalue weighted by Gasteiger charge is -2.59. The van der Waals surface area contributed by atoms with E-state index in [2.05, 4.69) is 16.8 Å². The van der Waals surface area contributed by atoms with Crippen LogP contribution < -0.4 is 4.74 Å². The summed E-state index contributed by atoms with van der Waals surface area (Å²) in [5, 5.41) is 0. The van der Waals surface area contributed by atoms with Crippen molar-refractivity contribution in [2.24, 2.45) is 11.3 Å². The standard InChI is InChI=1S/C20H28N2O3/c1-14(2)19(24)17-6-5-16(9-18(17)15(3)23)25-8-7-22-12-20(13-22)10-21(4)11-20/h5-6,9,14H,7-8,10-13H2,1-4H3.